The number of aliphatic hydroxyl groups excluding tert-OH is 1. The van der Waals surface area contributed by atoms with Crippen molar-refractivity contribution in [1.82, 2.24) is 5.32 Å². The predicted molar refractivity (Wildman–Crippen MR) is 62.3 cm³/mol. The number of rotatable bonds is 5. The predicted octanol–water partition coefficient (Wildman–Crippen LogP) is 2.48. The first-order chi connectivity index (χ1) is 6.75. The Morgan fingerprint density at radius 3 is 2.79 bits per heavy atom. The van der Waals surface area contributed by atoms with Gasteiger partial charge in [-0.3, -0.25) is 0 Å². The number of aliphatic hydroxyl groups is 1. The van der Waals surface area contributed by atoms with E-state index in [0.717, 1.165) is 17.4 Å². The van der Waals surface area contributed by atoms with Gasteiger partial charge in [0.05, 0.1) is 0 Å². The molecular weight excluding hydrogens is 242 g/mol. The maximum Gasteiger partial charge on any atom is 0.0443 e. The monoisotopic (exact) mass is 257 g/mol. The molecule has 1 aromatic carbocycles. The third kappa shape index (κ3) is 3.40. The molecule has 0 amide bonds. The number of halogens is 1. The lowest BCUT2D eigenvalue weighted by molar-refractivity contribution is 0.284. The molecule has 1 unspecified atom stereocenters. The number of benzene rings is 1. The Balaban J connectivity index is 2.51. The van der Waals surface area contributed by atoms with E-state index in [9.17, 15) is 0 Å². The van der Waals surface area contributed by atoms with Gasteiger partial charge in [-0.1, -0.05) is 34.1 Å². The topological polar surface area (TPSA) is 32.3 Å². The van der Waals surface area contributed by atoms with Gasteiger partial charge in [0.25, 0.3) is 0 Å². The van der Waals surface area contributed by atoms with Crippen LogP contribution in [0, 0.1) is 0 Å². The maximum absolute atomic E-state index is 8.66. The maximum atomic E-state index is 8.66. The molecule has 0 aromatic heterocycles. The summed E-state index contributed by atoms with van der Waals surface area (Å²) in [5.74, 6) is 0. The van der Waals surface area contributed by atoms with Gasteiger partial charge < -0.3 is 10.4 Å². The first kappa shape index (κ1) is 11.7. The molecule has 1 aromatic rings. The minimum absolute atomic E-state index is 0.246. The van der Waals surface area contributed by atoms with Crippen molar-refractivity contribution < 1.29 is 5.11 Å². The zero-order valence-electron chi connectivity index (χ0n) is 8.33. The summed E-state index contributed by atoms with van der Waals surface area (Å²) >= 11 is 3.52. The van der Waals surface area contributed by atoms with E-state index in [1.54, 1.807) is 0 Å². The molecule has 2 N–H and O–H groups in total. The molecule has 1 rings (SSSR count). The van der Waals surface area contributed by atoms with Crippen molar-refractivity contribution in [3.63, 3.8) is 0 Å². The van der Waals surface area contributed by atoms with E-state index in [4.69, 9.17) is 5.11 Å². The van der Waals surface area contributed by atoms with Crippen LogP contribution < -0.4 is 5.32 Å². The fourth-order valence-electron chi connectivity index (χ4n) is 1.33. The van der Waals surface area contributed by atoms with E-state index < -0.39 is 0 Å². The van der Waals surface area contributed by atoms with Crippen LogP contribution in [-0.2, 0) is 0 Å². The van der Waals surface area contributed by atoms with Gasteiger partial charge >= 0.3 is 0 Å². The van der Waals surface area contributed by atoms with E-state index in [1.165, 1.54) is 5.56 Å². The van der Waals surface area contributed by atoms with Crippen LogP contribution in [0.15, 0.2) is 28.7 Å². The van der Waals surface area contributed by atoms with Crippen LogP contribution in [0.25, 0.3) is 0 Å². The Morgan fingerprint density at radius 1 is 1.43 bits per heavy atom. The number of hydrogen-bond donors (Lipinski definition) is 2. The van der Waals surface area contributed by atoms with Crippen LogP contribution in [-0.4, -0.2) is 18.3 Å². The smallest absolute Gasteiger partial charge is 0.0443 e. The first-order valence-corrected chi connectivity index (χ1v) is 5.63. The van der Waals surface area contributed by atoms with Gasteiger partial charge in [0.1, 0.15) is 0 Å². The van der Waals surface area contributed by atoms with Crippen LogP contribution in [0.5, 0.6) is 0 Å². The standard InChI is InChI=1S/C11H16BrNO/c1-9(13-7-4-8-14)10-5-2-3-6-11(10)12/h2-3,5-6,9,13-14H,4,7-8H2,1H3. The Hall–Kier alpha value is -0.380. The van der Waals surface area contributed by atoms with Gasteiger partial charge in [-0.15, -0.1) is 0 Å². The molecule has 0 saturated carbocycles. The van der Waals surface area contributed by atoms with E-state index in [0.29, 0.717) is 6.04 Å². The molecule has 0 saturated heterocycles. The van der Waals surface area contributed by atoms with Crippen molar-refractivity contribution in [1.29, 1.82) is 0 Å². The molecule has 2 nitrogen and oxygen atoms in total. The molecule has 0 aliphatic rings. The van der Waals surface area contributed by atoms with Gasteiger partial charge in [0.15, 0.2) is 0 Å². The molecule has 0 spiro atoms. The van der Waals surface area contributed by atoms with Crippen molar-refractivity contribution in [2.45, 2.75) is 19.4 Å². The summed E-state index contributed by atoms with van der Waals surface area (Å²) in [4.78, 5) is 0. The molecule has 0 radical (unpaired) electrons. The molecule has 14 heavy (non-hydrogen) atoms. The molecular formula is C11H16BrNO. The average Bonchev–Trinajstić information content (AvgIpc) is 2.18. The van der Waals surface area contributed by atoms with Gasteiger partial charge in [0.2, 0.25) is 0 Å². The molecule has 0 fully saturated rings. The molecule has 0 aliphatic carbocycles. The van der Waals surface area contributed by atoms with Crippen LogP contribution in [0.2, 0.25) is 0 Å². The summed E-state index contributed by atoms with van der Waals surface area (Å²) in [5.41, 5.74) is 1.26. The number of nitrogens with one attached hydrogen (secondary N) is 1. The molecule has 0 heterocycles. The second-order valence-corrected chi connectivity index (χ2v) is 4.13. The average molecular weight is 258 g/mol. The summed E-state index contributed by atoms with van der Waals surface area (Å²) in [5, 5.41) is 12.0. The normalized spacial score (nSPS) is 12.8. The summed E-state index contributed by atoms with van der Waals surface area (Å²) < 4.78 is 1.13. The Morgan fingerprint density at radius 2 is 2.14 bits per heavy atom. The van der Waals surface area contributed by atoms with Crippen LogP contribution >= 0.6 is 15.9 Å². The minimum atomic E-state index is 0.246. The summed E-state index contributed by atoms with van der Waals surface area (Å²) in [6.07, 6.45) is 0.800. The molecule has 1 atom stereocenters. The zero-order chi connectivity index (χ0) is 10.4. The fourth-order valence-corrected chi connectivity index (χ4v) is 1.96. The molecule has 0 aliphatic heterocycles. The summed E-state index contributed by atoms with van der Waals surface area (Å²) in [6, 6.07) is 8.50. The minimum Gasteiger partial charge on any atom is -0.396 e. The van der Waals surface area contributed by atoms with Crippen molar-refractivity contribution in [3.8, 4) is 0 Å². The van der Waals surface area contributed by atoms with Crippen LogP contribution in [0.3, 0.4) is 0 Å². The fraction of sp³-hybridized carbons (Fsp3) is 0.455. The highest BCUT2D eigenvalue weighted by molar-refractivity contribution is 9.10. The van der Waals surface area contributed by atoms with Crippen molar-refractivity contribution in [2.75, 3.05) is 13.2 Å². The van der Waals surface area contributed by atoms with Gasteiger partial charge in [-0.05, 0) is 31.5 Å². The molecule has 3 heteroatoms. The lowest BCUT2D eigenvalue weighted by Crippen LogP contribution is -2.20. The highest BCUT2D eigenvalue weighted by Crippen LogP contribution is 2.22. The zero-order valence-corrected chi connectivity index (χ0v) is 9.92. The molecule has 78 valence electrons. The third-order valence-electron chi connectivity index (χ3n) is 2.16. The Bertz CT molecular complexity index is 278. The highest BCUT2D eigenvalue weighted by atomic mass is 79.9. The Kier molecular flexibility index (Phi) is 5.15. The first-order valence-electron chi connectivity index (χ1n) is 4.84. The summed E-state index contributed by atoms with van der Waals surface area (Å²) in [7, 11) is 0. The van der Waals surface area contributed by atoms with Crippen LogP contribution in [0.1, 0.15) is 24.9 Å². The second kappa shape index (κ2) is 6.17. The largest absolute Gasteiger partial charge is 0.396 e. The van der Waals surface area contributed by atoms with E-state index >= 15 is 0 Å². The Labute approximate surface area is 93.5 Å². The van der Waals surface area contributed by atoms with Crippen molar-refractivity contribution >= 4 is 15.9 Å². The van der Waals surface area contributed by atoms with Crippen molar-refractivity contribution in [3.05, 3.63) is 34.3 Å². The van der Waals surface area contributed by atoms with E-state index in [2.05, 4.69) is 34.2 Å². The summed E-state index contributed by atoms with van der Waals surface area (Å²) in [6.45, 7) is 3.21. The molecule has 0 bridgehead atoms. The van der Waals surface area contributed by atoms with E-state index in [1.807, 2.05) is 18.2 Å². The van der Waals surface area contributed by atoms with Gasteiger partial charge in [-0.2, -0.15) is 0 Å². The SMILES string of the molecule is CC(NCCCO)c1ccccc1Br. The quantitative estimate of drug-likeness (QED) is 0.795. The van der Waals surface area contributed by atoms with E-state index in [-0.39, 0.29) is 6.61 Å². The second-order valence-electron chi connectivity index (χ2n) is 3.27. The lowest BCUT2D eigenvalue weighted by atomic mass is 10.1. The van der Waals surface area contributed by atoms with Crippen molar-refractivity contribution in [2.24, 2.45) is 0 Å². The lowest BCUT2D eigenvalue weighted by Gasteiger charge is -2.15. The third-order valence-corrected chi connectivity index (χ3v) is 2.88. The number of hydrogen-bond acceptors (Lipinski definition) is 2. The van der Waals surface area contributed by atoms with Gasteiger partial charge in [-0.25, -0.2) is 0 Å². The highest BCUT2D eigenvalue weighted by Gasteiger charge is 2.06. The van der Waals surface area contributed by atoms with Crippen LogP contribution in [0.4, 0.5) is 0 Å². The van der Waals surface area contributed by atoms with Gasteiger partial charge in [0, 0.05) is 17.1 Å².